The van der Waals surface area contributed by atoms with Crippen LogP contribution in [0.1, 0.15) is 106 Å². The number of rotatable bonds is 9. The highest BCUT2D eigenvalue weighted by Crippen LogP contribution is 2.55. The van der Waals surface area contributed by atoms with Crippen molar-refractivity contribution in [2.24, 2.45) is 0 Å². The molecule has 1 heteroatoms. The zero-order valence-electron chi connectivity index (χ0n) is 43.5. The first-order valence-electron chi connectivity index (χ1n) is 26.4. The second kappa shape index (κ2) is 20.5. The van der Waals surface area contributed by atoms with Crippen molar-refractivity contribution in [1.82, 2.24) is 4.57 Å². The second-order valence-electron chi connectivity index (χ2n) is 19.7. The summed E-state index contributed by atoms with van der Waals surface area (Å²) in [5, 5.41) is 2.58. The van der Waals surface area contributed by atoms with Crippen molar-refractivity contribution in [3.8, 4) is 50.2 Å². The van der Waals surface area contributed by atoms with Crippen molar-refractivity contribution in [3.63, 3.8) is 0 Å². The molecule has 0 fully saturated rings. The standard InChI is InChI=1S/C50H41N.C19H20.C2H6/c1-5-12-32-19-20-33(27-43(32)37-15-8-6-13-31(37)2)34-21-23-41-40-17-10-11-18-47(40)51(48(41)29-34)36-22-24-42-46(30-36)50(3,4)45-26-25-39-38-16-9-7-14-35(38)28-44(39)49(42)45;1-3-16(18-11-7-5-8-12-18)15-17(4-2)19-13-9-6-10-14-19;1-2/h6-11,13-27,29-30H,5,12,28H2,1-4H3;3,5-15H,4H2,1-2H3;1-2H3/b;16-3+,17-15+;. The van der Waals surface area contributed by atoms with E-state index in [1.165, 1.54) is 128 Å². The third-order valence-electron chi connectivity index (χ3n) is 15.2. The Morgan fingerprint density at radius 1 is 0.542 bits per heavy atom. The van der Waals surface area contributed by atoms with Gasteiger partial charge < -0.3 is 4.57 Å². The summed E-state index contributed by atoms with van der Waals surface area (Å²) in [7, 11) is 0. The van der Waals surface area contributed by atoms with E-state index in [-0.39, 0.29) is 5.41 Å². The summed E-state index contributed by atoms with van der Waals surface area (Å²) in [6.45, 7) is 17.6. The van der Waals surface area contributed by atoms with Gasteiger partial charge in [0.2, 0.25) is 0 Å². The van der Waals surface area contributed by atoms with Crippen molar-refractivity contribution in [2.45, 2.75) is 86.5 Å². The fourth-order valence-corrected chi connectivity index (χ4v) is 11.6. The minimum Gasteiger partial charge on any atom is -0.309 e. The van der Waals surface area contributed by atoms with E-state index < -0.39 is 0 Å². The SMILES string of the molecule is C/C=C(\C=C(/CC)c1ccccc1)c1ccccc1.CC.CCCc1ccc(-c2ccc3c4ccccc4n(-c4ccc5c(c4)C(C)(C)c4ccc6c(c4-5)Cc4ccccc4-6)c3c2)cc1-c1ccccc1C. The van der Waals surface area contributed by atoms with Crippen LogP contribution in [-0.4, -0.2) is 4.57 Å². The van der Waals surface area contributed by atoms with Gasteiger partial charge in [0.05, 0.1) is 11.0 Å². The lowest BCUT2D eigenvalue weighted by Crippen LogP contribution is -2.15. The Labute approximate surface area is 428 Å². The molecule has 1 aromatic heterocycles. The second-order valence-corrected chi connectivity index (χ2v) is 19.7. The van der Waals surface area contributed by atoms with Crippen molar-refractivity contribution in [1.29, 1.82) is 0 Å². The van der Waals surface area contributed by atoms with Gasteiger partial charge in [0.15, 0.2) is 0 Å². The molecule has 0 atom stereocenters. The molecule has 2 aliphatic rings. The van der Waals surface area contributed by atoms with Crippen LogP contribution in [0.5, 0.6) is 0 Å². The van der Waals surface area contributed by atoms with Crippen LogP contribution in [-0.2, 0) is 18.3 Å². The van der Waals surface area contributed by atoms with Gasteiger partial charge in [0, 0.05) is 21.9 Å². The molecule has 1 nitrogen and oxygen atoms in total. The van der Waals surface area contributed by atoms with E-state index in [4.69, 9.17) is 0 Å². The molecule has 12 rings (SSSR count). The molecule has 0 N–H and O–H groups in total. The number of benzene rings is 9. The quantitative estimate of drug-likeness (QED) is 0.127. The third kappa shape index (κ3) is 8.66. The number of hydrogen-bond donors (Lipinski definition) is 0. The molecule has 0 amide bonds. The summed E-state index contributed by atoms with van der Waals surface area (Å²) in [6.07, 6.45) is 8.72. The predicted molar refractivity (Wildman–Crippen MR) is 312 cm³/mol. The lowest BCUT2D eigenvalue weighted by Gasteiger charge is -2.22. The minimum atomic E-state index is -0.0966. The van der Waals surface area contributed by atoms with Crippen molar-refractivity contribution < 1.29 is 0 Å². The molecule has 72 heavy (non-hydrogen) atoms. The van der Waals surface area contributed by atoms with Crippen molar-refractivity contribution in [2.75, 3.05) is 0 Å². The van der Waals surface area contributed by atoms with Gasteiger partial charge in [-0.25, -0.2) is 0 Å². The highest BCUT2D eigenvalue weighted by molar-refractivity contribution is 6.10. The van der Waals surface area contributed by atoms with Crippen molar-refractivity contribution in [3.05, 3.63) is 257 Å². The molecule has 356 valence electrons. The summed E-state index contributed by atoms with van der Waals surface area (Å²) in [5.41, 5.74) is 28.2. The van der Waals surface area contributed by atoms with Gasteiger partial charge >= 0.3 is 0 Å². The first kappa shape index (κ1) is 47.9. The van der Waals surface area contributed by atoms with Gasteiger partial charge in [-0.2, -0.15) is 0 Å². The minimum absolute atomic E-state index is 0.0966. The number of allylic oxidation sites excluding steroid dienone is 4. The molecule has 0 saturated heterocycles. The molecule has 1 heterocycles. The summed E-state index contributed by atoms with van der Waals surface area (Å²) < 4.78 is 2.50. The topological polar surface area (TPSA) is 4.93 Å². The monoisotopic (exact) mass is 934 g/mol. The number of nitrogens with zero attached hydrogens (tertiary/aromatic N) is 1. The van der Waals surface area contributed by atoms with E-state index in [1.807, 2.05) is 13.8 Å². The van der Waals surface area contributed by atoms with Gasteiger partial charge in [-0.15, -0.1) is 0 Å². The average Bonchev–Trinajstić information content (AvgIpc) is 4.05. The first-order valence-corrected chi connectivity index (χ1v) is 26.4. The van der Waals surface area contributed by atoms with Crippen LogP contribution >= 0.6 is 0 Å². The largest absolute Gasteiger partial charge is 0.309 e. The van der Waals surface area contributed by atoms with Gasteiger partial charge in [-0.05, 0) is 164 Å². The van der Waals surface area contributed by atoms with Crippen LogP contribution in [0.3, 0.4) is 0 Å². The Balaban J connectivity index is 0.000000239. The molecule has 0 bridgehead atoms. The number of aryl methyl sites for hydroxylation is 2. The Kier molecular flexibility index (Phi) is 13.7. The van der Waals surface area contributed by atoms with E-state index >= 15 is 0 Å². The third-order valence-corrected chi connectivity index (χ3v) is 15.2. The molecule has 2 aliphatic carbocycles. The van der Waals surface area contributed by atoms with Crippen LogP contribution in [0.15, 0.2) is 212 Å². The maximum atomic E-state index is 2.50. The van der Waals surface area contributed by atoms with Gasteiger partial charge in [-0.1, -0.05) is 230 Å². The maximum Gasteiger partial charge on any atom is 0.0547 e. The fourth-order valence-electron chi connectivity index (χ4n) is 11.6. The molecule has 0 spiro atoms. The molecule has 0 radical (unpaired) electrons. The molecule has 9 aromatic carbocycles. The summed E-state index contributed by atoms with van der Waals surface area (Å²) >= 11 is 0. The summed E-state index contributed by atoms with van der Waals surface area (Å²) in [5.74, 6) is 0. The summed E-state index contributed by atoms with van der Waals surface area (Å²) in [6, 6.07) is 74.0. The lowest BCUT2D eigenvalue weighted by atomic mass is 9.81. The van der Waals surface area contributed by atoms with E-state index in [2.05, 4.69) is 258 Å². The normalized spacial score (nSPS) is 13.1. The highest BCUT2D eigenvalue weighted by Gasteiger charge is 2.39. The van der Waals surface area contributed by atoms with Gasteiger partial charge in [-0.3, -0.25) is 0 Å². The smallest absolute Gasteiger partial charge is 0.0547 e. The highest BCUT2D eigenvalue weighted by atomic mass is 15.0. The Morgan fingerprint density at radius 2 is 1.18 bits per heavy atom. The maximum absolute atomic E-state index is 2.50. The van der Waals surface area contributed by atoms with E-state index in [9.17, 15) is 0 Å². The summed E-state index contributed by atoms with van der Waals surface area (Å²) in [4.78, 5) is 0. The van der Waals surface area contributed by atoms with E-state index in [0.29, 0.717) is 0 Å². The van der Waals surface area contributed by atoms with Crippen LogP contribution in [0.4, 0.5) is 0 Å². The number of aromatic nitrogens is 1. The van der Waals surface area contributed by atoms with Crippen molar-refractivity contribution >= 4 is 33.0 Å². The average molecular weight is 934 g/mol. The number of para-hydroxylation sites is 1. The van der Waals surface area contributed by atoms with Crippen LogP contribution in [0.25, 0.3) is 83.1 Å². The number of hydrogen-bond acceptors (Lipinski definition) is 0. The molecule has 0 saturated carbocycles. The molecule has 0 aliphatic heterocycles. The lowest BCUT2D eigenvalue weighted by molar-refractivity contribution is 0.659. The number of fused-ring (bicyclic) bond motifs is 10. The van der Waals surface area contributed by atoms with Crippen LogP contribution in [0.2, 0.25) is 0 Å². The van der Waals surface area contributed by atoms with Gasteiger partial charge in [0.1, 0.15) is 0 Å². The zero-order chi connectivity index (χ0) is 49.9. The van der Waals surface area contributed by atoms with Gasteiger partial charge in [0.25, 0.3) is 0 Å². The van der Waals surface area contributed by atoms with Crippen LogP contribution in [0, 0.1) is 6.92 Å². The molecule has 0 unspecified atom stereocenters. The predicted octanol–water partition coefficient (Wildman–Crippen LogP) is 19.9. The van der Waals surface area contributed by atoms with E-state index in [0.717, 1.165) is 25.7 Å². The fraction of sp³-hybridized carbons (Fsp3) is 0.183. The first-order chi connectivity index (χ1) is 35.3. The van der Waals surface area contributed by atoms with E-state index in [1.54, 1.807) is 0 Å². The van der Waals surface area contributed by atoms with Crippen LogP contribution < -0.4 is 0 Å². The Morgan fingerprint density at radius 3 is 1.92 bits per heavy atom. The molecular weight excluding hydrogens is 867 g/mol. The molecular formula is C71H67N. The Hall–Kier alpha value is -7.74. The molecule has 10 aromatic rings. The zero-order valence-corrected chi connectivity index (χ0v) is 43.5. The Bertz CT molecular complexity index is 3650.